The second-order valence-corrected chi connectivity index (χ2v) is 4.03. The molecule has 1 rings (SSSR count). The highest BCUT2D eigenvalue weighted by Gasteiger charge is 2.33. The molecule has 12 heavy (non-hydrogen) atoms. The van der Waals surface area contributed by atoms with Gasteiger partial charge in [0, 0.05) is 19.0 Å². The van der Waals surface area contributed by atoms with Crippen LogP contribution in [-0.2, 0) is 0 Å². The molecule has 2 atom stereocenters. The summed E-state index contributed by atoms with van der Waals surface area (Å²) in [7, 11) is 2.09. The van der Waals surface area contributed by atoms with Gasteiger partial charge in [0.2, 0.25) is 0 Å². The maximum absolute atomic E-state index is 9.75. The highest BCUT2D eigenvalue weighted by Crippen LogP contribution is 2.28. The van der Waals surface area contributed by atoms with Crippen molar-refractivity contribution < 1.29 is 5.11 Å². The molecule has 0 aliphatic carbocycles. The Morgan fingerprint density at radius 1 is 1.33 bits per heavy atom. The van der Waals surface area contributed by atoms with E-state index in [1.807, 2.05) is 0 Å². The van der Waals surface area contributed by atoms with Gasteiger partial charge in [-0.2, -0.15) is 0 Å². The van der Waals surface area contributed by atoms with Gasteiger partial charge in [-0.25, -0.2) is 0 Å². The molecule has 0 aromatic carbocycles. The summed E-state index contributed by atoms with van der Waals surface area (Å²) in [6.07, 6.45) is 2.32. The summed E-state index contributed by atoms with van der Waals surface area (Å²) in [5, 5.41) is 9.75. The van der Waals surface area contributed by atoms with Crippen LogP contribution in [0.15, 0.2) is 0 Å². The molecule has 1 aliphatic rings. The fourth-order valence-electron chi connectivity index (χ4n) is 2.37. The minimum Gasteiger partial charge on any atom is -0.391 e. The minimum atomic E-state index is -0.0834. The first kappa shape index (κ1) is 10.0. The zero-order valence-electron chi connectivity index (χ0n) is 8.45. The van der Waals surface area contributed by atoms with Gasteiger partial charge in [-0.3, -0.25) is 0 Å². The molecule has 1 aliphatic heterocycles. The molecule has 1 fully saturated rings. The van der Waals surface area contributed by atoms with Gasteiger partial charge in [-0.05, 0) is 13.0 Å². The second-order valence-electron chi connectivity index (χ2n) is 4.03. The molecule has 2 unspecified atom stereocenters. The van der Waals surface area contributed by atoms with Crippen molar-refractivity contribution in [2.24, 2.45) is 11.8 Å². The van der Waals surface area contributed by atoms with E-state index in [4.69, 9.17) is 0 Å². The lowest BCUT2D eigenvalue weighted by molar-refractivity contribution is 0.108. The first-order valence-corrected chi connectivity index (χ1v) is 5.05. The van der Waals surface area contributed by atoms with Crippen molar-refractivity contribution >= 4 is 0 Å². The number of likely N-dealkylation sites (tertiary alicyclic amines) is 1. The van der Waals surface area contributed by atoms with Crippen molar-refractivity contribution in [3.8, 4) is 0 Å². The molecule has 2 heteroatoms. The number of hydrogen-bond donors (Lipinski definition) is 1. The van der Waals surface area contributed by atoms with Gasteiger partial charge in [0.25, 0.3) is 0 Å². The minimum absolute atomic E-state index is 0.0834. The molecule has 1 saturated heterocycles. The molecule has 2 nitrogen and oxygen atoms in total. The Balaban J connectivity index is 2.50. The van der Waals surface area contributed by atoms with Gasteiger partial charge in [-0.15, -0.1) is 0 Å². The van der Waals surface area contributed by atoms with Gasteiger partial charge in [0.1, 0.15) is 0 Å². The Morgan fingerprint density at radius 2 is 1.92 bits per heavy atom. The second kappa shape index (κ2) is 4.24. The van der Waals surface area contributed by atoms with Gasteiger partial charge < -0.3 is 10.0 Å². The lowest BCUT2D eigenvalue weighted by atomic mass is 9.86. The first-order chi connectivity index (χ1) is 5.69. The van der Waals surface area contributed by atoms with E-state index in [0.29, 0.717) is 11.8 Å². The number of aliphatic hydroxyl groups excluding tert-OH is 1. The van der Waals surface area contributed by atoms with E-state index in [1.54, 1.807) is 0 Å². The van der Waals surface area contributed by atoms with E-state index in [0.717, 1.165) is 13.1 Å². The summed E-state index contributed by atoms with van der Waals surface area (Å²) in [6.45, 7) is 6.38. The summed E-state index contributed by atoms with van der Waals surface area (Å²) < 4.78 is 0. The molecule has 0 bridgehead atoms. The number of β-amino-alcohol motifs (C(OH)–C–C–N with tert-alkyl or cyclic N) is 1. The maximum Gasteiger partial charge on any atom is 0.0709 e. The third kappa shape index (κ3) is 1.99. The van der Waals surface area contributed by atoms with E-state index < -0.39 is 0 Å². The van der Waals surface area contributed by atoms with E-state index in [-0.39, 0.29) is 6.10 Å². The van der Waals surface area contributed by atoms with Crippen molar-refractivity contribution in [3.63, 3.8) is 0 Å². The lowest BCUT2D eigenvalue weighted by Crippen LogP contribution is -2.25. The Labute approximate surface area is 75.6 Å². The highest BCUT2D eigenvalue weighted by molar-refractivity contribution is 4.85. The number of aliphatic hydroxyl groups is 1. The summed E-state index contributed by atoms with van der Waals surface area (Å²) in [5.41, 5.74) is 0. The van der Waals surface area contributed by atoms with Crippen LogP contribution < -0.4 is 0 Å². The molecule has 0 aromatic heterocycles. The predicted molar refractivity (Wildman–Crippen MR) is 51.1 cm³/mol. The summed E-state index contributed by atoms with van der Waals surface area (Å²) in [6, 6.07) is 0. The average molecular weight is 171 g/mol. The predicted octanol–water partition coefficient (Wildman–Crippen LogP) is 1.35. The molecule has 72 valence electrons. The SMILES string of the molecule is CCC(CC)C1CN(C)CC1O. The molecular formula is C10H21NO. The van der Waals surface area contributed by atoms with E-state index in [2.05, 4.69) is 25.8 Å². The van der Waals surface area contributed by atoms with Crippen molar-refractivity contribution in [2.45, 2.75) is 32.8 Å². The fourth-order valence-corrected chi connectivity index (χ4v) is 2.37. The van der Waals surface area contributed by atoms with Gasteiger partial charge in [0.05, 0.1) is 6.10 Å². The van der Waals surface area contributed by atoms with Crippen LogP contribution in [0.1, 0.15) is 26.7 Å². The lowest BCUT2D eigenvalue weighted by Gasteiger charge is -2.22. The largest absolute Gasteiger partial charge is 0.391 e. The standard InChI is InChI=1S/C10H21NO/c1-4-8(5-2)9-6-11(3)7-10(9)12/h8-10,12H,4-7H2,1-3H3. The molecule has 1 N–H and O–H groups in total. The Kier molecular flexibility index (Phi) is 3.53. The van der Waals surface area contributed by atoms with Crippen LogP contribution >= 0.6 is 0 Å². The van der Waals surface area contributed by atoms with Crippen LogP contribution in [-0.4, -0.2) is 36.2 Å². The van der Waals surface area contributed by atoms with E-state index >= 15 is 0 Å². The van der Waals surface area contributed by atoms with Crippen molar-refractivity contribution in [3.05, 3.63) is 0 Å². The number of likely N-dealkylation sites (N-methyl/N-ethyl adjacent to an activating group) is 1. The summed E-state index contributed by atoms with van der Waals surface area (Å²) >= 11 is 0. The smallest absolute Gasteiger partial charge is 0.0709 e. The van der Waals surface area contributed by atoms with Crippen molar-refractivity contribution in [1.82, 2.24) is 4.90 Å². The normalized spacial score (nSPS) is 31.8. The summed E-state index contributed by atoms with van der Waals surface area (Å²) in [4.78, 5) is 2.23. The van der Waals surface area contributed by atoms with Gasteiger partial charge >= 0.3 is 0 Å². The number of nitrogens with zero attached hydrogens (tertiary/aromatic N) is 1. The molecule has 0 aromatic rings. The topological polar surface area (TPSA) is 23.5 Å². The van der Waals surface area contributed by atoms with E-state index in [9.17, 15) is 5.11 Å². The number of hydrogen-bond acceptors (Lipinski definition) is 2. The van der Waals surface area contributed by atoms with Crippen LogP contribution in [0.25, 0.3) is 0 Å². The third-order valence-corrected chi connectivity index (χ3v) is 3.17. The summed E-state index contributed by atoms with van der Waals surface area (Å²) in [5.74, 6) is 1.23. The molecule has 0 saturated carbocycles. The molecular weight excluding hydrogens is 150 g/mol. The third-order valence-electron chi connectivity index (χ3n) is 3.17. The van der Waals surface area contributed by atoms with Crippen LogP contribution in [0.5, 0.6) is 0 Å². The zero-order chi connectivity index (χ0) is 9.14. The Hall–Kier alpha value is -0.0800. The Bertz CT molecular complexity index is 134. The maximum atomic E-state index is 9.75. The Morgan fingerprint density at radius 3 is 2.25 bits per heavy atom. The quantitative estimate of drug-likeness (QED) is 0.693. The van der Waals surface area contributed by atoms with Crippen LogP contribution in [0.2, 0.25) is 0 Å². The monoisotopic (exact) mass is 171 g/mol. The van der Waals surface area contributed by atoms with Crippen LogP contribution in [0.3, 0.4) is 0 Å². The van der Waals surface area contributed by atoms with Crippen LogP contribution in [0.4, 0.5) is 0 Å². The average Bonchev–Trinajstić information content (AvgIpc) is 2.34. The zero-order valence-corrected chi connectivity index (χ0v) is 8.45. The molecule has 1 heterocycles. The highest BCUT2D eigenvalue weighted by atomic mass is 16.3. The van der Waals surface area contributed by atoms with Crippen LogP contribution in [0, 0.1) is 11.8 Å². The van der Waals surface area contributed by atoms with Gasteiger partial charge in [0.15, 0.2) is 0 Å². The first-order valence-electron chi connectivity index (χ1n) is 5.05. The molecule has 0 amide bonds. The molecule has 0 radical (unpaired) electrons. The fraction of sp³-hybridized carbons (Fsp3) is 1.00. The van der Waals surface area contributed by atoms with Crippen molar-refractivity contribution in [1.29, 1.82) is 0 Å². The number of rotatable bonds is 3. The molecule has 0 spiro atoms. The van der Waals surface area contributed by atoms with E-state index in [1.165, 1.54) is 12.8 Å². The van der Waals surface area contributed by atoms with Gasteiger partial charge in [-0.1, -0.05) is 26.7 Å². The van der Waals surface area contributed by atoms with Crippen molar-refractivity contribution in [2.75, 3.05) is 20.1 Å².